The number of aryl methyl sites for hydroxylation is 2. The zero-order chi connectivity index (χ0) is 15.7. The molecule has 0 spiro atoms. The highest BCUT2D eigenvalue weighted by atomic mass is 79.9. The second-order valence-electron chi connectivity index (χ2n) is 5.65. The molecule has 0 saturated carbocycles. The highest BCUT2D eigenvalue weighted by Crippen LogP contribution is 2.39. The Bertz CT molecular complexity index is 678. The third kappa shape index (κ3) is 3.23. The van der Waals surface area contributed by atoms with E-state index in [2.05, 4.69) is 34.1 Å². The maximum Gasteiger partial charge on any atom is 0.255 e. The summed E-state index contributed by atoms with van der Waals surface area (Å²) < 4.78 is 1.06. The van der Waals surface area contributed by atoms with Crippen LogP contribution in [0.4, 0.5) is 0 Å². The molecule has 2 aromatic rings. The van der Waals surface area contributed by atoms with Gasteiger partial charge in [0.1, 0.15) is 5.37 Å². The average molecular weight is 376 g/mol. The van der Waals surface area contributed by atoms with Crippen molar-refractivity contribution in [1.29, 1.82) is 0 Å². The van der Waals surface area contributed by atoms with Crippen LogP contribution < -0.4 is 0 Å². The molecule has 2 nitrogen and oxygen atoms in total. The first-order valence-corrected chi connectivity index (χ1v) is 9.15. The number of carbonyl (C=O) groups is 1. The van der Waals surface area contributed by atoms with Crippen molar-refractivity contribution < 1.29 is 4.79 Å². The lowest BCUT2D eigenvalue weighted by atomic mass is 10.1. The molecule has 22 heavy (non-hydrogen) atoms. The van der Waals surface area contributed by atoms with Crippen LogP contribution in [-0.4, -0.2) is 23.1 Å². The SMILES string of the molecule is Cc1cc(C)cc(C(=O)N2CCSC2c2ccc(Br)cc2)c1. The molecule has 1 unspecified atom stereocenters. The van der Waals surface area contributed by atoms with E-state index < -0.39 is 0 Å². The van der Waals surface area contributed by atoms with Crippen LogP contribution in [0.3, 0.4) is 0 Å². The summed E-state index contributed by atoms with van der Waals surface area (Å²) in [6, 6.07) is 14.3. The number of halogens is 1. The van der Waals surface area contributed by atoms with E-state index in [0.29, 0.717) is 0 Å². The fraction of sp³-hybridized carbons (Fsp3) is 0.278. The Morgan fingerprint density at radius 3 is 2.41 bits per heavy atom. The summed E-state index contributed by atoms with van der Waals surface area (Å²) in [5.41, 5.74) is 4.25. The van der Waals surface area contributed by atoms with Crippen molar-refractivity contribution in [2.24, 2.45) is 0 Å². The first kappa shape index (κ1) is 15.6. The normalized spacial score (nSPS) is 17.8. The van der Waals surface area contributed by atoms with E-state index in [9.17, 15) is 4.79 Å². The maximum absolute atomic E-state index is 12.9. The van der Waals surface area contributed by atoms with E-state index >= 15 is 0 Å². The van der Waals surface area contributed by atoms with Crippen molar-refractivity contribution in [2.75, 3.05) is 12.3 Å². The number of amides is 1. The van der Waals surface area contributed by atoms with Gasteiger partial charge < -0.3 is 4.90 Å². The van der Waals surface area contributed by atoms with Crippen LogP contribution in [0, 0.1) is 13.8 Å². The minimum absolute atomic E-state index is 0.112. The van der Waals surface area contributed by atoms with Gasteiger partial charge in [-0.05, 0) is 43.7 Å². The standard InChI is InChI=1S/C18H18BrNOS/c1-12-9-13(2)11-15(10-12)17(21)20-7-8-22-18(20)14-3-5-16(19)6-4-14/h3-6,9-11,18H,7-8H2,1-2H3. The van der Waals surface area contributed by atoms with Crippen molar-refractivity contribution in [3.63, 3.8) is 0 Å². The van der Waals surface area contributed by atoms with Gasteiger partial charge in [0.15, 0.2) is 0 Å². The number of hydrogen-bond donors (Lipinski definition) is 0. The highest BCUT2D eigenvalue weighted by molar-refractivity contribution is 9.10. The second-order valence-corrected chi connectivity index (χ2v) is 7.75. The summed E-state index contributed by atoms with van der Waals surface area (Å²) in [5.74, 6) is 1.11. The van der Waals surface area contributed by atoms with Crippen LogP contribution in [0.1, 0.15) is 32.4 Å². The molecule has 0 bridgehead atoms. The molecule has 3 rings (SSSR count). The van der Waals surface area contributed by atoms with Gasteiger partial charge in [-0.3, -0.25) is 4.79 Å². The predicted molar refractivity (Wildman–Crippen MR) is 96.3 cm³/mol. The molecule has 1 fully saturated rings. The average Bonchev–Trinajstić information content (AvgIpc) is 2.95. The fourth-order valence-corrected chi connectivity index (χ4v) is 4.37. The van der Waals surface area contributed by atoms with Crippen molar-refractivity contribution in [1.82, 2.24) is 4.90 Å². The molecule has 1 heterocycles. The van der Waals surface area contributed by atoms with Crippen LogP contribution >= 0.6 is 27.7 Å². The molecular weight excluding hydrogens is 358 g/mol. The van der Waals surface area contributed by atoms with E-state index in [4.69, 9.17) is 0 Å². The smallest absolute Gasteiger partial charge is 0.255 e. The molecule has 4 heteroatoms. The van der Waals surface area contributed by atoms with Gasteiger partial charge in [0.2, 0.25) is 0 Å². The van der Waals surface area contributed by atoms with E-state index in [1.807, 2.05) is 54.8 Å². The van der Waals surface area contributed by atoms with Gasteiger partial charge in [-0.25, -0.2) is 0 Å². The first-order valence-electron chi connectivity index (χ1n) is 7.31. The number of nitrogens with zero attached hydrogens (tertiary/aromatic N) is 1. The fourth-order valence-electron chi connectivity index (χ4n) is 2.85. The monoisotopic (exact) mass is 375 g/mol. The van der Waals surface area contributed by atoms with Crippen LogP contribution in [0.25, 0.3) is 0 Å². The van der Waals surface area contributed by atoms with Crippen LogP contribution in [0.15, 0.2) is 46.9 Å². The van der Waals surface area contributed by atoms with Gasteiger partial charge in [0, 0.05) is 22.3 Å². The summed E-state index contributed by atoms with van der Waals surface area (Å²) >= 11 is 5.29. The van der Waals surface area contributed by atoms with Gasteiger partial charge in [-0.15, -0.1) is 11.8 Å². The molecule has 0 aromatic heterocycles. The highest BCUT2D eigenvalue weighted by Gasteiger charge is 2.31. The third-order valence-corrected chi connectivity index (χ3v) is 5.56. The summed E-state index contributed by atoms with van der Waals surface area (Å²) in [5, 5.41) is 0.112. The summed E-state index contributed by atoms with van der Waals surface area (Å²) in [7, 11) is 0. The first-order chi connectivity index (χ1) is 10.5. The Labute approximate surface area is 144 Å². The van der Waals surface area contributed by atoms with Gasteiger partial charge in [-0.2, -0.15) is 0 Å². The van der Waals surface area contributed by atoms with Gasteiger partial charge in [0.05, 0.1) is 0 Å². The Morgan fingerprint density at radius 1 is 1.14 bits per heavy atom. The number of rotatable bonds is 2. The molecule has 0 radical (unpaired) electrons. The largest absolute Gasteiger partial charge is 0.322 e. The molecular formula is C18H18BrNOS. The minimum atomic E-state index is 0.112. The molecule has 1 aliphatic rings. The topological polar surface area (TPSA) is 20.3 Å². The van der Waals surface area contributed by atoms with Gasteiger partial charge in [-0.1, -0.05) is 45.3 Å². The van der Waals surface area contributed by atoms with Crippen molar-refractivity contribution in [2.45, 2.75) is 19.2 Å². The quantitative estimate of drug-likeness (QED) is 0.739. The van der Waals surface area contributed by atoms with Crippen LogP contribution in [0.2, 0.25) is 0 Å². The van der Waals surface area contributed by atoms with E-state index in [1.165, 1.54) is 5.56 Å². The Kier molecular flexibility index (Phi) is 4.59. The lowest BCUT2D eigenvalue weighted by Gasteiger charge is -2.24. The number of hydrogen-bond acceptors (Lipinski definition) is 2. The van der Waals surface area contributed by atoms with Crippen LogP contribution in [-0.2, 0) is 0 Å². The predicted octanol–water partition coefficient (Wildman–Crippen LogP) is 4.95. The lowest BCUT2D eigenvalue weighted by molar-refractivity contribution is 0.0760. The summed E-state index contributed by atoms with van der Waals surface area (Å²) in [6.07, 6.45) is 0. The molecule has 0 aliphatic carbocycles. The molecule has 1 amide bonds. The third-order valence-electron chi connectivity index (χ3n) is 3.78. The number of benzene rings is 2. The van der Waals surface area contributed by atoms with Gasteiger partial charge >= 0.3 is 0 Å². The van der Waals surface area contributed by atoms with E-state index in [0.717, 1.165) is 33.5 Å². The minimum Gasteiger partial charge on any atom is -0.322 e. The van der Waals surface area contributed by atoms with Crippen molar-refractivity contribution in [3.8, 4) is 0 Å². The van der Waals surface area contributed by atoms with E-state index in [-0.39, 0.29) is 11.3 Å². The lowest BCUT2D eigenvalue weighted by Crippen LogP contribution is -2.30. The van der Waals surface area contributed by atoms with Crippen LogP contribution in [0.5, 0.6) is 0 Å². The van der Waals surface area contributed by atoms with Crippen molar-refractivity contribution in [3.05, 3.63) is 69.2 Å². The summed E-state index contributed by atoms with van der Waals surface area (Å²) in [4.78, 5) is 14.9. The molecule has 1 aliphatic heterocycles. The van der Waals surface area contributed by atoms with E-state index in [1.54, 1.807) is 0 Å². The summed E-state index contributed by atoms with van der Waals surface area (Å²) in [6.45, 7) is 4.88. The van der Waals surface area contributed by atoms with Gasteiger partial charge in [0.25, 0.3) is 5.91 Å². The van der Waals surface area contributed by atoms with Crippen molar-refractivity contribution >= 4 is 33.6 Å². The molecule has 2 aromatic carbocycles. The zero-order valence-corrected chi connectivity index (χ0v) is 15.1. The second kappa shape index (κ2) is 6.47. The molecule has 1 atom stereocenters. The maximum atomic E-state index is 12.9. The number of carbonyl (C=O) groups excluding carboxylic acids is 1. The molecule has 0 N–H and O–H groups in total. The Balaban J connectivity index is 1.89. The molecule has 1 saturated heterocycles. The Hall–Kier alpha value is -1.26. The Morgan fingerprint density at radius 2 is 1.77 bits per heavy atom. The zero-order valence-electron chi connectivity index (χ0n) is 12.7. The molecule has 114 valence electrons. The number of thioether (sulfide) groups is 1.